The number of likely N-dealkylation sites (N-methyl/N-ethyl adjacent to an activating group) is 3. The number of H-pyrrole nitrogens is 3. The third kappa shape index (κ3) is 28.4. The maximum Gasteiger partial charge on any atom is 0.246 e. The molecule has 0 radical (unpaired) electrons. The Morgan fingerprint density at radius 2 is 1.15 bits per heavy atom. The van der Waals surface area contributed by atoms with Crippen LogP contribution in [-0.2, 0) is 112 Å². The molecule has 3 aliphatic heterocycles. The highest BCUT2D eigenvalue weighted by Crippen LogP contribution is 2.30. The lowest BCUT2D eigenvalue weighted by atomic mass is 9.90. The van der Waals surface area contributed by atoms with Crippen LogP contribution in [0.15, 0.2) is 97.7 Å². The van der Waals surface area contributed by atoms with Crippen molar-refractivity contribution in [2.45, 2.75) is 229 Å². The highest BCUT2D eigenvalue weighted by atomic mass is 32.2. The summed E-state index contributed by atoms with van der Waals surface area (Å²) in [5, 5.41) is 46.7. The number of phenolic OH excluding ortho intramolecular Hbond substituents is 1. The molecule has 42 heteroatoms. The first-order valence-corrected chi connectivity index (χ1v) is 45.6. The van der Waals surface area contributed by atoms with E-state index in [-0.39, 0.29) is 88.1 Å². The number of imidazole rings is 1. The molecule has 20 N–H and O–H groups in total. The van der Waals surface area contributed by atoms with Crippen LogP contribution < -0.4 is 65.1 Å². The quantitative estimate of drug-likeness (QED) is 0.0338. The minimum atomic E-state index is -1.79. The number of primary amides is 3. The number of amides is 17. The molecule has 714 valence electrons. The minimum Gasteiger partial charge on any atom is -0.508 e. The average molecular weight is 1850 g/mol. The van der Waals surface area contributed by atoms with E-state index in [1.807, 2.05) is 19.9 Å². The zero-order chi connectivity index (χ0) is 96.3. The number of phenols is 1. The van der Waals surface area contributed by atoms with Crippen molar-refractivity contribution in [1.29, 1.82) is 0 Å². The summed E-state index contributed by atoms with van der Waals surface area (Å²) in [4.78, 5) is 280. The number of aromatic nitrogens is 4. The van der Waals surface area contributed by atoms with Gasteiger partial charge in [-0.1, -0.05) is 102 Å². The fourth-order valence-corrected chi connectivity index (χ4v) is 17.5. The number of hydrogen-bond acceptors (Lipinski definition) is 22. The standard InChI is InChI=1S/C90H123N21O20S/c1-9-11-22-69-84(125)103-63(32-49(3)4)82(123)106-68(81(122)97-43-76(93)117)46-132-47-78(119)101-65(33-51-25-27-56(112)28-26-51)86(127)107(6)50(5)79(120)105-67(39-75(92)116)89(130)110-31-17-24-70(110)85(126)104-64(37-55-42-94-48-99-55)83(124)102-62(29-30-74(91)115)88(129)111-45-57(113)38-72(111)73(114)36-52(34-53-40-95-60-20-15-13-18-58(53)60)80(121)98-44-77(118)100-66(35-54-41-96-61-21-16-14-19-59(54)61)87(128)109(8)71(23-12-10-2)90(131)108(69)7/h13-16,18-21,25-28,40-42,48-50,52,57,62-72,95-96,112-113H,9-12,17,22-24,29-39,43-47H2,1-8H3,(H2,91,115)(H2,92,116)(H2,93,117)(H,94,99)(H,97,122)(H,98,121)(H,100,118)(H,101,119)(H,102,124)(H,103,125)(H,104,126)(H,105,120)(H,106,123)/t50-,52+,57+,62-,63-,64-,65-,66-,67-,68-,69-,70-,71-,72-/m0/s1. The van der Waals surface area contributed by atoms with Gasteiger partial charge in [0.1, 0.15) is 72.2 Å². The Hall–Kier alpha value is -13.3. The topological polar surface area (TPSA) is 611 Å². The molecule has 6 heterocycles. The van der Waals surface area contributed by atoms with Crippen LogP contribution in [0.1, 0.15) is 147 Å². The Labute approximate surface area is 767 Å². The van der Waals surface area contributed by atoms with Crippen molar-refractivity contribution < 1.29 is 96.5 Å². The predicted octanol–water partition coefficient (Wildman–Crippen LogP) is -1.20. The molecule has 0 unspecified atom stereocenters. The fourth-order valence-electron chi connectivity index (χ4n) is 16.6. The van der Waals surface area contributed by atoms with Crippen molar-refractivity contribution in [3.63, 3.8) is 0 Å². The first-order chi connectivity index (χ1) is 62.8. The van der Waals surface area contributed by atoms with Gasteiger partial charge in [-0.3, -0.25) is 86.3 Å². The normalized spacial score (nSPS) is 24.6. The summed E-state index contributed by atoms with van der Waals surface area (Å²) in [7, 11) is 4.00. The number of aromatic hydroxyl groups is 1. The maximum atomic E-state index is 15.6. The van der Waals surface area contributed by atoms with Gasteiger partial charge in [-0.25, -0.2) is 4.98 Å². The summed E-state index contributed by atoms with van der Waals surface area (Å²) >= 11 is 0.796. The number of para-hydroxylation sites is 2. The highest BCUT2D eigenvalue weighted by molar-refractivity contribution is 8.00. The molecule has 132 heavy (non-hydrogen) atoms. The molecule has 6 aromatic rings. The Morgan fingerprint density at radius 3 is 1.77 bits per heavy atom. The van der Waals surface area contributed by atoms with E-state index in [0.717, 1.165) is 26.5 Å². The number of ketones is 1. The first-order valence-electron chi connectivity index (χ1n) is 44.4. The number of unbranched alkanes of at least 4 members (excludes halogenated alkanes) is 2. The SMILES string of the molecule is CCCC[C@H]1C(=O)N(C)[C@@H](CCCC)C(=O)N[C@@H](CC(C)C)C(=O)N[C@H](C(=O)NCC(N)=O)CSCC(=O)N[C@@H](Cc2ccc(O)cc2)C(=O)N(C)[C@@H](C)C(=O)N[C@@H](CC(N)=O)C(=O)N2CCC[C@H]2C(=O)N[C@@H](Cc2c[nH]cn2)C(=O)N[C@@H](CCC(N)=O)C(=O)N2C[C@H](O)C[C@H]2C(=O)C[C@@H](Cc2c[nH]c3ccccc23)C(=O)NCC(=O)N[C@@H](Cc2c[nH]c3ccccc23)C(=O)N1C. The lowest BCUT2D eigenvalue weighted by Crippen LogP contribution is -2.60. The van der Waals surface area contributed by atoms with Crippen LogP contribution in [-0.4, -0.2) is 298 Å². The number of aliphatic hydroxyl groups is 1. The molecule has 41 nitrogen and oxygen atoms in total. The van der Waals surface area contributed by atoms with Crippen LogP contribution in [0.25, 0.3) is 21.8 Å². The van der Waals surface area contributed by atoms with E-state index in [1.54, 1.807) is 68.7 Å². The molecule has 0 saturated carbocycles. The van der Waals surface area contributed by atoms with Crippen LogP contribution in [0.2, 0.25) is 0 Å². The smallest absolute Gasteiger partial charge is 0.246 e. The van der Waals surface area contributed by atoms with Crippen molar-refractivity contribution in [1.82, 2.24) is 92.3 Å². The number of carbonyl (C=O) groups is 18. The lowest BCUT2D eigenvalue weighted by molar-refractivity contribution is -0.149. The number of hydrogen-bond donors (Lipinski definition) is 17. The number of thioether (sulfide) groups is 1. The number of Topliss-reactive ketones (excluding diaryl/α,β-unsaturated/α-hetero) is 1. The van der Waals surface area contributed by atoms with Crippen molar-refractivity contribution >= 4 is 140 Å². The number of benzene rings is 3. The zero-order valence-electron chi connectivity index (χ0n) is 75.4. The van der Waals surface area contributed by atoms with Crippen molar-refractivity contribution in [3.05, 3.63) is 120 Å². The van der Waals surface area contributed by atoms with E-state index in [1.165, 1.54) is 74.7 Å². The average Bonchev–Trinajstić information content (AvgIpc) is 1.54. The van der Waals surface area contributed by atoms with Crippen LogP contribution >= 0.6 is 11.8 Å². The van der Waals surface area contributed by atoms with Crippen LogP contribution in [0.4, 0.5) is 0 Å². The number of fused-ring (bicyclic) bond motifs is 4. The molecule has 3 saturated heterocycles. The molecular formula is C90H123N21O20S. The van der Waals surface area contributed by atoms with Gasteiger partial charge in [-0.05, 0) is 98.7 Å². The van der Waals surface area contributed by atoms with Crippen molar-refractivity contribution in [3.8, 4) is 5.75 Å². The summed E-state index contributed by atoms with van der Waals surface area (Å²) in [5.74, 6) is -18.9. The van der Waals surface area contributed by atoms with Crippen molar-refractivity contribution in [2.75, 3.05) is 58.8 Å². The number of nitrogens with one attached hydrogen (secondary N) is 12. The van der Waals surface area contributed by atoms with E-state index in [0.29, 0.717) is 64.2 Å². The number of nitrogens with zero attached hydrogens (tertiary/aromatic N) is 6. The lowest BCUT2D eigenvalue weighted by Gasteiger charge is -2.36. The summed E-state index contributed by atoms with van der Waals surface area (Å²) in [5.41, 5.74) is 19.9. The summed E-state index contributed by atoms with van der Waals surface area (Å²) in [6, 6.07) is 1.78. The van der Waals surface area contributed by atoms with E-state index >= 15 is 33.6 Å². The Kier molecular flexibility index (Phi) is 37.7. The van der Waals surface area contributed by atoms with Gasteiger partial charge < -0.3 is 115 Å². The molecule has 9 rings (SSSR count). The third-order valence-corrected chi connectivity index (χ3v) is 25.0. The molecule has 14 atom stereocenters. The van der Waals surface area contributed by atoms with E-state index < -0.39 is 248 Å². The van der Waals surface area contributed by atoms with E-state index in [2.05, 4.69) is 67.8 Å². The molecular weight excluding hydrogens is 1730 g/mol. The molecule has 0 spiro atoms. The van der Waals surface area contributed by atoms with E-state index in [4.69, 9.17) is 17.2 Å². The van der Waals surface area contributed by atoms with Crippen molar-refractivity contribution in [2.24, 2.45) is 29.0 Å². The number of nitrogens with two attached hydrogens (primary N) is 3. The van der Waals surface area contributed by atoms with Gasteiger partial charge in [0.2, 0.25) is 100 Å². The Balaban J connectivity index is 1.08. The predicted molar refractivity (Wildman–Crippen MR) is 484 cm³/mol. The number of rotatable bonds is 24. The van der Waals surface area contributed by atoms with Gasteiger partial charge in [0.15, 0.2) is 5.78 Å². The second kappa shape index (κ2) is 48.6. The van der Waals surface area contributed by atoms with E-state index in [9.17, 15) is 63.0 Å². The van der Waals surface area contributed by atoms with Gasteiger partial charge >= 0.3 is 0 Å². The minimum absolute atomic E-state index is 0.0403. The number of aromatic amines is 3. The Bertz CT molecular complexity index is 5140. The monoisotopic (exact) mass is 1850 g/mol. The second-order valence-corrected chi connectivity index (χ2v) is 35.4. The first kappa shape index (κ1) is 102. The number of aliphatic hydroxyl groups excluding tert-OH is 1. The maximum absolute atomic E-state index is 15.6. The molecule has 0 bridgehead atoms. The Morgan fingerprint density at radius 1 is 0.568 bits per heavy atom. The molecule has 3 aromatic carbocycles. The van der Waals surface area contributed by atoms with Gasteiger partial charge in [0.05, 0.1) is 49.4 Å². The molecule has 0 aliphatic carbocycles. The summed E-state index contributed by atoms with van der Waals surface area (Å²) < 4.78 is 0. The van der Waals surface area contributed by atoms with Crippen LogP contribution in [0.3, 0.4) is 0 Å². The van der Waals surface area contributed by atoms with Gasteiger partial charge in [-0.2, -0.15) is 0 Å². The molecule has 3 fully saturated rings. The second-order valence-electron chi connectivity index (χ2n) is 34.3. The highest BCUT2D eigenvalue weighted by Gasteiger charge is 2.46. The summed E-state index contributed by atoms with van der Waals surface area (Å²) in [6.07, 6.45) is 2.81. The van der Waals surface area contributed by atoms with Gasteiger partial charge in [0.25, 0.3) is 0 Å². The molecule has 17 amide bonds. The fraction of sp³-hybridized carbons (Fsp3) is 0.522. The van der Waals surface area contributed by atoms with Crippen LogP contribution in [0, 0.1) is 11.8 Å². The van der Waals surface area contributed by atoms with Crippen LogP contribution in [0.5, 0.6) is 5.75 Å². The number of carbonyl (C=O) groups excluding carboxylic acids is 18. The molecule has 3 aliphatic rings. The largest absolute Gasteiger partial charge is 0.508 e. The molecule has 3 aromatic heterocycles. The van der Waals surface area contributed by atoms with Gasteiger partial charge in [-0.15, -0.1) is 11.8 Å². The zero-order valence-corrected chi connectivity index (χ0v) is 76.3. The summed E-state index contributed by atoms with van der Waals surface area (Å²) in [6.45, 7) is 6.42. The third-order valence-electron chi connectivity index (χ3n) is 23.9. The van der Waals surface area contributed by atoms with Gasteiger partial charge in [0, 0.05) is 125 Å².